The lowest BCUT2D eigenvalue weighted by Crippen LogP contribution is -2.26. The largest absolute Gasteiger partial charge is 0.481 e. The van der Waals surface area contributed by atoms with Gasteiger partial charge in [-0.05, 0) is 24.2 Å². The lowest BCUT2D eigenvalue weighted by Gasteiger charge is -2.27. The van der Waals surface area contributed by atoms with Gasteiger partial charge in [-0.3, -0.25) is 9.69 Å². The van der Waals surface area contributed by atoms with E-state index in [9.17, 15) is 4.79 Å². The van der Waals surface area contributed by atoms with E-state index in [-0.39, 0.29) is 12.5 Å². The van der Waals surface area contributed by atoms with E-state index in [1.807, 2.05) is 66.5 Å². The highest BCUT2D eigenvalue weighted by Gasteiger charge is 2.20. The Morgan fingerprint density at radius 2 is 1.76 bits per heavy atom. The SMILES string of the molecule is CN(Cc1ccccc1Cl)C(CC(=O)O)c1ccccc1. The van der Waals surface area contributed by atoms with Crippen LogP contribution in [0.5, 0.6) is 0 Å². The molecule has 0 saturated carbocycles. The maximum absolute atomic E-state index is 11.2. The number of aliphatic carboxylic acids is 1. The first kappa shape index (κ1) is 15.5. The van der Waals surface area contributed by atoms with Crippen molar-refractivity contribution < 1.29 is 9.90 Å². The summed E-state index contributed by atoms with van der Waals surface area (Å²) in [5, 5.41) is 9.86. The summed E-state index contributed by atoms with van der Waals surface area (Å²) in [6.07, 6.45) is 0.0605. The third-order valence-electron chi connectivity index (χ3n) is 3.46. The first-order chi connectivity index (χ1) is 10.1. The third-order valence-corrected chi connectivity index (χ3v) is 3.83. The molecule has 1 atom stereocenters. The monoisotopic (exact) mass is 303 g/mol. The van der Waals surface area contributed by atoms with Crippen LogP contribution < -0.4 is 0 Å². The van der Waals surface area contributed by atoms with E-state index >= 15 is 0 Å². The number of rotatable bonds is 6. The normalized spacial score (nSPS) is 12.3. The van der Waals surface area contributed by atoms with E-state index in [1.54, 1.807) is 0 Å². The minimum Gasteiger partial charge on any atom is -0.481 e. The van der Waals surface area contributed by atoms with Gasteiger partial charge in [0.25, 0.3) is 0 Å². The summed E-state index contributed by atoms with van der Waals surface area (Å²) in [5.41, 5.74) is 1.99. The van der Waals surface area contributed by atoms with Gasteiger partial charge in [0.2, 0.25) is 0 Å². The maximum Gasteiger partial charge on any atom is 0.305 e. The van der Waals surface area contributed by atoms with Crippen LogP contribution in [0.15, 0.2) is 54.6 Å². The Morgan fingerprint density at radius 1 is 1.14 bits per heavy atom. The number of carbonyl (C=O) groups is 1. The average molecular weight is 304 g/mol. The Kier molecular flexibility index (Phi) is 5.37. The lowest BCUT2D eigenvalue weighted by molar-refractivity contribution is -0.138. The van der Waals surface area contributed by atoms with Crippen molar-refractivity contribution in [2.75, 3.05) is 7.05 Å². The van der Waals surface area contributed by atoms with Gasteiger partial charge in [-0.15, -0.1) is 0 Å². The number of nitrogens with zero attached hydrogens (tertiary/aromatic N) is 1. The van der Waals surface area contributed by atoms with Crippen LogP contribution in [0, 0.1) is 0 Å². The van der Waals surface area contributed by atoms with Gasteiger partial charge in [0.1, 0.15) is 0 Å². The van der Waals surface area contributed by atoms with Gasteiger partial charge >= 0.3 is 5.97 Å². The van der Waals surface area contributed by atoms with Crippen LogP contribution in [0.1, 0.15) is 23.6 Å². The Hall–Kier alpha value is -1.84. The van der Waals surface area contributed by atoms with Gasteiger partial charge in [0.05, 0.1) is 6.42 Å². The van der Waals surface area contributed by atoms with Crippen molar-refractivity contribution in [3.8, 4) is 0 Å². The zero-order valence-corrected chi connectivity index (χ0v) is 12.6. The molecule has 0 saturated heterocycles. The summed E-state index contributed by atoms with van der Waals surface area (Å²) in [6.45, 7) is 0.604. The molecule has 0 amide bonds. The molecule has 0 radical (unpaired) electrons. The third kappa shape index (κ3) is 4.31. The number of halogens is 1. The Balaban J connectivity index is 2.20. The number of hydrogen-bond acceptors (Lipinski definition) is 2. The molecule has 3 nitrogen and oxygen atoms in total. The number of carboxylic acid groups (broad SMARTS) is 1. The fraction of sp³-hybridized carbons (Fsp3) is 0.235. The zero-order chi connectivity index (χ0) is 15.2. The highest BCUT2D eigenvalue weighted by atomic mass is 35.5. The van der Waals surface area contributed by atoms with E-state index in [0.29, 0.717) is 11.6 Å². The molecule has 0 spiro atoms. The molecular formula is C17H18ClNO2. The summed E-state index contributed by atoms with van der Waals surface area (Å²) in [4.78, 5) is 13.2. The summed E-state index contributed by atoms with van der Waals surface area (Å²) in [6, 6.07) is 17.1. The Bertz CT molecular complexity index is 601. The van der Waals surface area contributed by atoms with Gasteiger partial charge in [0.15, 0.2) is 0 Å². The molecule has 0 aliphatic carbocycles. The van der Waals surface area contributed by atoms with E-state index in [1.165, 1.54) is 0 Å². The van der Waals surface area contributed by atoms with Crippen molar-refractivity contribution in [1.29, 1.82) is 0 Å². The second kappa shape index (κ2) is 7.25. The van der Waals surface area contributed by atoms with Gasteiger partial charge in [-0.2, -0.15) is 0 Å². The molecule has 0 heterocycles. The van der Waals surface area contributed by atoms with Crippen LogP contribution >= 0.6 is 11.6 Å². The van der Waals surface area contributed by atoms with E-state index in [0.717, 1.165) is 11.1 Å². The van der Waals surface area contributed by atoms with Gasteiger partial charge in [0, 0.05) is 17.6 Å². The Morgan fingerprint density at radius 3 is 2.38 bits per heavy atom. The topological polar surface area (TPSA) is 40.5 Å². The van der Waals surface area contributed by atoms with Crippen molar-refractivity contribution in [2.45, 2.75) is 19.0 Å². The fourth-order valence-corrected chi connectivity index (χ4v) is 2.57. The predicted molar refractivity (Wildman–Crippen MR) is 84.4 cm³/mol. The van der Waals surface area contributed by atoms with E-state index in [4.69, 9.17) is 16.7 Å². The lowest BCUT2D eigenvalue weighted by atomic mass is 10.0. The Labute approximate surface area is 129 Å². The van der Waals surface area contributed by atoms with Crippen LogP contribution in [0.25, 0.3) is 0 Å². The molecule has 0 fully saturated rings. The molecule has 0 aliphatic rings. The fourth-order valence-electron chi connectivity index (χ4n) is 2.37. The van der Waals surface area contributed by atoms with Crippen LogP contribution in [0.3, 0.4) is 0 Å². The summed E-state index contributed by atoms with van der Waals surface area (Å²) < 4.78 is 0. The molecular weight excluding hydrogens is 286 g/mol. The van der Waals surface area contributed by atoms with Crippen molar-refractivity contribution in [1.82, 2.24) is 4.90 Å². The molecule has 110 valence electrons. The number of hydrogen-bond donors (Lipinski definition) is 1. The summed E-state index contributed by atoms with van der Waals surface area (Å²) in [7, 11) is 1.92. The summed E-state index contributed by atoms with van der Waals surface area (Å²) >= 11 is 6.18. The van der Waals surface area contributed by atoms with Gasteiger partial charge in [-0.25, -0.2) is 0 Å². The molecule has 1 N–H and O–H groups in total. The van der Waals surface area contributed by atoms with Crippen LogP contribution in [-0.2, 0) is 11.3 Å². The highest BCUT2D eigenvalue weighted by molar-refractivity contribution is 6.31. The number of benzene rings is 2. The van der Waals surface area contributed by atoms with Crippen molar-refractivity contribution >= 4 is 17.6 Å². The van der Waals surface area contributed by atoms with Gasteiger partial charge in [-0.1, -0.05) is 60.1 Å². The molecule has 2 rings (SSSR count). The van der Waals surface area contributed by atoms with Crippen molar-refractivity contribution in [3.63, 3.8) is 0 Å². The second-order valence-corrected chi connectivity index (χ2v) is 5.44. The molecule has 2 aromatic rings. The van der Waals surface area contributed by atoms with E-state index in [2.05, 4.69) is 0 Å². The van der Waals surface area contributed by atoms with Crippen LogP contribution in [-0.4, -0.2) is 23.0 Å². The predicted octanol–water partition coefficient (Wildman–Crippen LogP) is 3.99. The molecule has 0 aromatic heterocycles. The average Bonchev–Trinajstić information content (AvgIpc) is 2.48. The van der Waals surface area contributed by atoms with Crippen LogP contribution in [0.2, 0.25) is 5.02 Å². The number of carboxylic acids is 1. The first-order valence-electron chi connectivity index (χ1n) is 6.78. The minimum atomic E-state index is -0.810. The standard InChI is InChI=1S/C17H18ClNO2/c1-19(12-14-9-5-6-10-15(14)18)16(11-17(20)21)13-7-3-2-4-8-13/h2-10,16H,11-12H2,1H3,(H,20,21). The molecule has 21 heavy (non-hydrogen) atoms. The molecule has 1 unspecified atom stereocenters. The van der Waals surface area contributed by atoms with Gasteiger partial charge < -0.3 is 5.11 Å². The maximum atomic E-state index is 11.2. The van der Waals surface area contributed by atoms with Crippen LogP contribution in [0.4, 0.5) is 0 Å². The van der Waals surface area contributed by atoms with Crippen molar-refractivity contribution in [3.05, 3.63) is 70.7 Å². The zero-order valence-electron chi connectivity index (χ0n) is 11.9. The molecule has 0 aliphatic heterocycles. The molecule has 0 bridgehead atoms. The summed E-state index contributed by atoms with van der Waals surface area (Å²) in [5.74, 6) is -0.810. The molecule has 4 heteroatoms. The van der Waals surface area contributed by atoms with Crippen molar-refractivity contribution in [2.24, 2.45) is 0 Å². The van der Waals surface area contributed by atoms with E-state index < -0.39 is 5.97 Å². The quantitative estimate of drug-likeness (QED) is 0.877. The smallest absolute Gasteiger partial charge is 0.305 e. The second-order valence-electron chi connectivity index (χ2n) is 5.03. The molecule has 2 aromatic carbocycles. The first-order valence-corrected chi connectivity index (χ1v) is 7.16. The highest BCUT2D eigenvalue weighted by Crippen LogP contribution is 2.26. The minimum absolute atomic E-state index is 0.0605.